The van der Waals surface area contributed by atoms with E-state index in [0.29, 0.717) is 0 Å². The second-order valence-electron chi connectivity index (χ2n) is 7.05. The Bertz CT molecular complexity index is 1200. The number of benzene rings is 4. The Balaban J connectivity index is 0.000000213. The van der Waals surface area contributed by atoms with Crippen molar-refractivity contribution in [1.82, 2.24) is 0 Å². The molecule has 31 heavy (non-hydrogen) atoms. The number of rotatable bonds is 2. The van der Waals surface area contributed by atoms with Crippen LogP contribution in [0.25, 0.3) is 21.5 Å². The zero-order valence-corrected chi connectivity index (χ0v) is 17.8. The Kier molecular flexibility index (Phi) is 7.28. The number of fused-ring (bicyclic) bond motifs is 2. The molecular weight excluding hydrogens is 440 g/mol. The topological polar surface area (TPSA) is 115 Å². The van der Waals surface area contributed by atoms with Gasteiger partial charge in [-0.2, -0.15) is 0 Å². The van der Waals surface area contributed by atoms with Gasteiger partial charge in [0.25, 0.3) is 0 Å². The fraction of sp³-hybridized carbons (Fsp3) is 0.0833. The number of hydrogen-bond donors (Lipinski definition) is 4. The molecule has 4 N–H and O–H groups in total. The van der Waals surface area contributed by atoms with Gasteiger partial charge in [0.1, 0.15) is 22.6 Å². The van der Waals surface area contributed by atoms with E-state index in [0.717, 1.165) is 32.7 Å². The van der Waals surface area contributed by atoms with Crippen LogP contribution in [-0.2, 0) is 17.1 Å². The number of carboxylic acids is 2. The van der Waals surface area contributed by atoms with Gasteiger partial charge in [-0.3, -0.25) is 0 Å². The van der Waals surface area contributed by atoms with Crippen LogP contribution < -0.4 is 0 Å². The first kappa shape index (κ1) is 23.7. The molecule has 0 saturated heterocycles. The van der Waals surface area contributed by atoms with Gasteiger partial charge >= 0.3 is 11.9 Å². The second-order valence-corrected chi connectivity index (χ2v) is 7.05. The van der Waals surface area contributed by atoms with Crippen LogP contribution in [0.5, 0.6) is 11.5 Å². The van der Waals surface area contributed by atoms with E-state index in [1.54, 1.807) is 0 Å². The monoisotopic (exact) mass is 460 g/mol. The predicted octanol–water partition coefficient (Wildman–Crippen LogP) is 5.10. The van der Waals surface area contributed by atoms with Gasteiger partial charge in [0.05, 0.1) is 0 Å². The summed E-state index contributed by atoms with van der Waals surface area (Å²) in [5.74, 6) is -2.62. The standard InChI is InChI=1S/2C12H10O3.Fe/c2*1-7-2-3-8-6-11(13)10(12(14)15)5-9(8)4-7;/h2*2-6,13H,1H3,(H,14,15);. The fourth-order valence-corrected chi connectivity index (χ4v) is 3.15. The van der Waals surface area contributed by atoms with Crippen LogP contribution in [0.2, 0.25) is 0 Å². The molecular formula is C24H20FeO6. The van der Waals surface area contributed by atoms with Crippen LogP contribution in [0.3, 0.4) is 0 Å². The van der Waals surface area contributed by atoms with E-state index >= 15 is 0 Å². The van der Waals surface area contributed by atoms with Gasteiger partial charge in [0.2, 0.25) is 0 Å². The third-order valence-electron chi connectivity index (χ3n) is 4.68. The van der Waals surface area contributed by atoms with Crippen molar-refractivity contribution in [1.29, 1.82) is 0 Å². The van der Waals surface area contributed by atoms with Crippen LogP contribution in [0.1, 0.15) is 31.8 Å². The number of aryl methyl sites for hydroxylation is 2. The fourth-order valence-electron chi connectivity index (χ4n) is 3.15. The Morgan fingerprint density at radius 2 is 0.935 bits per heavy atom. The molecule has 0 amide bonds. The molecule has 0 heterocycles. The van der Waals surface area contributed by atoms with Crippen LogP contribution in [-0.4, -0.2) is 32.4 Å². The van der Waals surface area contributed by atoms with Crippen LogP contribution in [0, 0.1) is 13.8 Å². The molecule has 0 atom stereocenters. The molecule has 160 valence electrons. The third kappa shape index (κ3) is 5.34. The van der Waals surface area contributed by atoms with Gasteiger partial charge in [-0.1, -0.05) is 47.5 Å². The quantitative estimate of drug-likeness (QED) is 0.310. The number of phenols is 2. The zero-order chi connectivity index (χ0) is 22.0. The molecule has 7 heteroatoms. The summed E-state index contributed by atoms with van der Waals surface area (Å²) in [7, 11) is 0. The Morgan fingerprint density at radius 1 is 0.581 bits per heavy atom. The summed E-state index contributed by atoms with van der Waals surface area (Å²) >= 11 is 0. The van der Waals surface area contributed by atoms with Crippen molar-refractivity contribution >= 4 is 33.5 Å². The van der Waals surface area contributed by atoms with Crippen molar-refractivity contribution < 1.29 is 47.1 Å². The molecule has 0 spiro atoms. The maximum absolute atomic E-state index is 10.8. The van der Waals surface area contributed by atoms with Gasteiger partial charge in [0.15, 0.2) is 0 Å². The van der Waals surface area contributed by atoms with E-state index in [-0.39, 0.29) is 39.7 Å². The number of carbonyl (C=O) groups is 2. The van der Waals surface area contributed by atoms with Gasteiger partial charge < -0.3 is 20.4 Å². The Morgan fingerprint density at radius 3 is 1.26 bits per heavy atom. The molecule has 0 fully saturated rings. The molecule has 0 aliphatic heterocycles. The molecule has 4 rings (SSSR count). The normalized spacial score (nSPS) is 10.1. The van der Waals surface area contributed by atoms with Gasteiger partial charge in [0, 0.05) is 17.1 Å². The van der Waals surface area contributed by atoms with Crippen LogP contribution >= 0.6 is 0 Å². The van der Waals surface area contributed by atoms with E-state index in [2.05, 4.69) is 0 Å². The van der Waals surface area contributed by atoms with E-state index in [4.69, 9.17) is 10.2 Å². The number of aromatic hydroxyl groups is 2. The largest absolute Gasteiger partial charge is 0.507 e. The molecule has 0 unspecified atom stereocenters. The minimum Gasteiger partial charge on any atom is -0.507 e. The van der Waals surface area contributed by atoms with Crippen molar-refractivity contribution in [3.8, 4) is 11.5 Å². The SMILES string of the molecule is Cc1ccc2cc(O)c(C(=O)O)cc2c1.Cc1ccc2cc(O)c(C(=O)O)cc2c1.[Fe]. The molecule has 0 radical (unpaired) electrons. The summed E-state index contributed by atoms with van der Waals surface area (Å²) in [5.41, 5.74) is 2.00. The maximum atomic E-state index is 10.8. The van der Waals surface area contributed by atoms with Crippen LogP contribution in [0.15, 0.2) is 60.7 Å². The van der Waals surface area contributed by atoms with E-state index < -0.39 is 11.9 Å². The van der Waals surface area contributed by atoms with E-state index in [1.807, 2.05) is 50.2 Å². The van der Waals surface area contributed by atoms with Crippen molar-refractivity contribution in [2.24, 2.45) is 0 Å². The molecule has 0 aromatic heterocycles. The third-order valence-corrected chi connectivity index (χ3v) is 4.68. The van der Waals surface area contributed by atoms with Gasteiger partial charge in [-0.05, 0) is 59.7 Å². The summed E-state index contributed by atoms with van der Waals surface area (Å²) in [5, 5.41) is 39.9. The summed E-state index contributed by atoms with van der Waals surface area (Å²) in [6.45, 7) is 3.87. The summed E-state index contributed by atoms with van der Waals surface area (Å²) in [4.78, 5) is 21.6. The summed E-state index contributed by atoms with van der Waals surface area (Å²) in [6, 6.07) is 17.2. The Hall–Kier alpha value is -3.54. The molecule has 4 aromatic carbocycles. The first-order valence-corrected chi connectivity index (χ1v) is 9.09. The zero-order valence-electron chi connectivity index (χ0n) is 16.7. The second kappa shape index (κ2) is 9.51. The van der Waals surface area contributed by atoms with Crippen molar-refractivity contribution in [3.63, 3.8) is 0 Å². The van der Waals surface area contributed by atoms with Crippen molar-refractivity contribution in [2.45, 2.75) is 13.8 Å². The maximum Gasteiger partial charge on any atom is 0.339 e. The number of aromatic carboxylic acids is 2. The van der Waals surface area contributed by atoms with E-state index in [1.165, 1.54) is 24.3 Å². The molecule has 6 nitrogen and oxygen atoms in total. The van der Waals surface area contributed by atoms with Crippen molar-refractivity contribution in [2.75, 3.05) is 0 Å². The molecule has 0 aliphatic rings. The van der Waals surface area contributed by atoms with Crippen molar-refractivity contribution in [3.05, 3.63) is 82.9 Å². The van der Waals surface area contributed by atoms with Gasteiger partial charge in [-0.25, -0.2) is 9.59 Å². The first-order chi connectivity index (χ1) is 14.2. The molecule has 0 bridgehead atoms. The minimum atomic E-state index is -1.11. The van der Waals surface area contributed by atoms with Gasteiger partial charge in [-0.15, -0.1) is 0 Å². The average molecular weight is 460 g/mol. The average Bonchev–Trinajstić information content (AvgIpc) is 2.67. The number of carboxylic acid groups (broad SMARTS) is 2. The summed E-state index contributed by atoms with van der Waals surface area (Å²) < 4.78 is 0. The van der Waals surface area contributed by atoms with Crippen LogP contribution in [0.4, 0.5) is 0 Å². The molecule has 0 aliphatic carbocycles. The Labute approximate surface area is 188 Å². The number of hydrogen-bond acceptors (Lipinski definition) is 4. The first-order valence-electron chi connectivity index (χ1n) is 9.09. The van der Waals surface area contributed by atoms with E-state index in [9.17, 15) is 19.8 Å². The predicted molar refractivity (Wildman–Crippen MR) is 115 cm³/mol. The minimum absolute atomic E-state index is 0. The molecule has 4 aromatic rings. The smallest absolute Gasteiger partial charge is 0.339 e. The molecule has 0 saturated carbocycles. The summed E-state index contributed by atoms with van der Waals surface area (Å²) in [6.07, 6.45) is 0.